The number of aryl methyl sites for hydroxylation is 2. The predicted octanol–water partition coefficient (Wildman–Crippen LogP) is 4.07. The lowest BCUT2D eigenvalue weighted by Crippen LogP contribution is -1.95. The van der Waals surface area contributed by atoms with Crippen LogP contribution in [0.25, 0.3) is 11.3 Å². The van der Waals surface area contributed by atoms with E-state index in [1.807, 2.05) is 0 Å². The fourth-order valence-electron chi connectivity index (χ4n) is 2.02. The molecule has 0 spiro atoms. The number of halogens is 1. The molecule has 84 valence electrons. The minimum atomic E-state index is 0.948. The normalized spacial score (nSPS) is 10.8. The molecule has 3 heteroatoms. The highest BCUT2D eigenvalue weighted by Crippen LogP contribution is 2.33. The molecule has 0 saturated carbocycles. The summed E-state index contributed by atoms with van der Waals surface area (Å²) >= 11 is 3.50. The van der Waals surface area contributed by atoms with E-state index in [-0.39, 0.29) is 0 Å². The maximum absolute atomic E-state index is 4.39. The van der Waals surface area contributed by atoms with Gasteiger partial charge in [0.25, 0.3) is 0 Å². The number of hydrogen-bond donors (Lipinski definition) is 1. The largest absolute Gasteiger partial charge is 0.339 e. The molecule has 0 fully saturated rings. The zero-order chi connectivity index (χ0) is 11.9. The molecule has 1 aromatic heterocycles. The van der Waals surface area contributed by atoms with Crippen molar-refractivity contribution in [3.05, 3.63) is 39.3 Å². The van der Waals surface area contributed by atoms with Crippen molar-refractivity contribution in [3.63, 3.8) is 0 Å². The Morgan fingerprint density at radius 1 is 1.06 bits per heavy atom. The summed E-state index contributed by atoms with van der Waals surface area (Å²) in [4.78, 5) is 7.45. The Bertz CT molecular complexity index is 515. The van der Waals surface area contributed by atoms with E-state index >= 15 is 0 Å². The van der Waals surface area contributed by atoms with Crippen molar-refractivity contribution in [1.29, 1.82) is 0 Å². The quantitative estimate of drug-likeness (QED) is 0.837. The summed E-state index contributed by atoms with van der Waals surface area (Å²) in [5, 5.41) is 0. The molecule has 16 heavy (non-hydrogen) atoms. The molecule has 1 heterocycles. The predicted molar refractivity (Wildman–Crippen MR) is 70.7 cm³/mol. The third kappa shape index (κ3) is 1.69. The Balaban J connectivity index is 2.79. The molecule has 1 N–H and O–H groups in total. The van der Waals surface area contributed by atoms with Crippen LogP contribution >= 0.6 is 15.9 Å². The van der Waals surface area contributed by atoms with Crippen LogP contribution in [0, 0.1) is 27.7 Å². The summed E-state index contributed by atoms with van der Waals surface area (Å²) in [6, 6.07) is 2.23. The van der Waals surface area contributed by atoms with Gasteiger partial charge in [-0.1, -0.05) is 6.07 Å². The minimum absolute atomic E-state index is 0.948. The number of benzene rings is 1. The van der Waals surface area contributed by atoms with Crippen LogP contribution in [0.2, 0.25) is 0 Å². The molecule has 0 unspecified atom stereocenters. The van der Waals surface area contributed by atoms with Crippen LogP contribution in [0.5, 0.6) is 0 Å². The molecule has 0 radical (unpaired) electrons. The maximum atomic E-state index is 4.39. The van der Waals surface area contributed by atoms with Crippen molar-refractivity contribution in [3.8, 4) is 11.3 Å². The van der Waals surface area contributed by atoms with Gasteiger partial charge in [0.2, 0.25) is 0 Å². The van der Waals surface area contributed by atoms with E-state index < -0.39 is 0 Å². The number of H-pyrrole nitrogens is 1. The number of nitrogens with zero attached hydrogens (tertiary/aromatic N) is 1. The highest BCUT2D eigenvalue weighted by molar-refractivity contribution is 9.10. The Morgan fingerprint density at radius 2 is 1.62 bits per heavy atom. The smallest absolute Gasteiger partial charge is 0.110 e. The second kappa shape index (κ2) is 4.06. The standard InChI is InChI=1S/C13H15BrN2/c1-7-5-8(2)10(4)11(9(7)3)12-13(14)16-6-15-12/h5-6H,1-4H3,(H,15,16). The van der Waals surface area contributed by atoms with Gasteiger partial charge in [-0.2, -0.15) is 0 Å². The van der Waals surface area contributed by atoms with Gasteiger partial charge in [-0.25, -0.2) is 4.98 Å². The first-order chi connectivity index (χ1) is 7.52. The van der Waals surface area contributed by atoms with Gasteiger partial charge in [-0.15, -0.1) is 0 Å². The third-order valence-corrected chi connectivity index (χ3v) is 3.80. The van der Waals surface area contributed by atoms with E-state index in [2.05, 4.69) is 59.7 Å². The molecule has 0 amide bonds. The van der Waals surface area contributed by atoms with Crippen LogP contribution in [-0.4, -0.2) is 9.97 Å². The summed E-state index contributed by atoms with van der Waals surface area (Å²) in [7, 11) is 0. The third-order valence-electron chi connectivity index (χ3n) is 3.20. The minimum Gasteiger partial charge on any atom is -0.339 e. The number of aromatic nitrogens is 2. The lowest BCUT2D eigenvalue weighted by molar-refractivity contribution is 1.23. The van der Waals surface area contributed by atoms with Gasteiger partial charge >= 0.3 is 0 Å². The van der Waals surface area contributed by atoms with Gasteiger partial charge < -0.3 is 4.98 Å². The molecule has 0 aliphatic rings. The highest BCUT2D eigenvalue weighted by atomic mass is 79.9. The zero-order valence-electron chi connectivity index (χ0n) is 9.98. The van der Waals surface area contributed by atoms with E-state index in [9.17, 15) is 0 Å². The first-order valence-electron chi connectivity index (χ1n) is 5.29. The first-order valence-corrected chi connectivity index (χ1v) is 6.08. The Kier molecular flexibility index (Phi) is 2.89. The molecule has 1 aromatic carbocycles. The van der Waals surface area contributed by atoms with E-state index in [4.69, 9.17) is 0 Å². The summed E-state index contributed by atoms with van der Waals surface area (Å²) in [5.74, 6) is 0. The summed E-state index contributed by atoms with van der Waals surface area (Å²) in [6.45, 7) is 8.59. The van der Waals surface area contributed by atoms with Gasteiger partial charge in [0.15, 0.2) is 0 Å². The topological polar surface area (TPSA) is 28.7 Å². The number of hydrogen-bond acceptors (Lipinski definition) is 1. The van der Waals surface area contributed by atoms with Crippen LogP contribution in [0.1, 0.15) is 22.3 Å². The second-order valence-corrected chi connectivity index (χ2v) is 4.99. The van der Waals surface area contributed by atoms with Gasteiger partial charge in [-0.3, -0.25) is 0 Å². The Hall–Kier alpha value is -1.09. The van der Waals surface area contributed by atoms with E-state index in [1.54, 1.807) is 6.33 Å². The molecule has 0 aliphatic carbocycles. The van der Waals surface area contributed by atoms with E-state index in [0.717, 1.165) is 10.3 Å². The summed E-state index contributed by atoms with van der Waals surface area (Å²) in [5.41, 5.74) is 7.47. The molecule has 0 saturated heterocycles. The van der Waals surface area contributed by atoms with Crippen molar-refractivity contribution >= 4 is 15.9 Å². The molecule has 2 aromatic rings. The molecule has 0 aliphatic heterocycles. The van der Waals surface area contributed by atoms with Crippen molar-refractivity contribution in [1.82, 2.24) is 9.97 Å². The summed E-state index contributed by atoms with van der Waals surface area (Å²) < 4.78 is 0.948. The van der Waals surface area contributed by atoms with Crippen LogP contribution in [0.4, 0.5) is 0 Å². The lowest BCUT2D eigenvalue weighted by atomic mass is 9.93. The average molecular weight is 279 g/mol. The van der Waals surface area contributed by atoms with Crippen molar-refractivity contribution in [2.75, 3.05) is 0 Å². The highest BCUT2D eigenvalue weighted by Gasteiger charge is 2.14. The van der Waals surface area contributed by atoms with Crippen LogP contribution in [0.15, 0.2) is 17.0 Å². The Labute approximate surface area is 104 Å². The molecule has 0 bridgehead atoms. The van der Waals surface area contributed by atoms with Gasteiger partial charge in [-0.05, 0) is 65.9 Å². The number of nitrogens with one attached hydrogen (secondary N) is 1. The number of imidazole rings is 1. The molecule has 0 atom stereocenters. The number of aromatic amines is 1. The Morgan fingerprint density at radius 3 is 2.06 bits per heavy atom. The van der Waals surface area contributed by atoms with Crippen molar-refractivity contribution in [2.24, 2.45) is 0 Å². The van der Waals surface area contributed by atoms with Gasteiger partial charge in [0, 0.05) is 5.56 Å². The van der Waals surface area contributed by atoms with E-state index in [0.29, 0.717) is 0 Å². The van der Waals surface area contributed by atoms with Crippen molar-refractivity contribution in [2.45, 2.75) is 27.7 Å². The monoisotopic (exact) mass is 278 g/mol. The van der Waals surface area contributed by atoms with E-state index in [1.165, 1.54) is 27.8 Å². The fourth-order valence-corrected chi connectivity index (χ4v) is 2.43. The van der Waals surface area contributed by atoms with Crippen LogP contribution in [-0.2, 0) is 0 Å². The van der Waals surface area contributed by atoms with Crippen LogP contribution < -0.4 is 0 Å². The first kappa shape index (κ1) is 11.4. The lowest BCUT2D eigenvalue weighted by Gasteiger charge is -2.13. The molecule has 2 nitrogen and oxygen atoms in total. The summed E-state index contributed by atoms with van der Waals surface area (Å²) in [6.07, 6.45) is 1.72. The maximum Gasteiger partial charge on any atom is 0.110 e. The molecular weight excluding hydrogens is 264 g/mol. The zero-order valence-corrected chi connectivity index (χ0v) is 11.6. The van der Waals surface area contributed by atoms with Gasteiger partial charge in [0.1, 0.15) is 10.3 Å². The average Bonchev–Trinajstić information content (AvgIpc) is 2.63. The molecular formula is C13H15BrN2. The molecule has 2 rings (SSSR count). The van der Waals surface area contributed by atoms with Crippen LogP contribution in [0.3, 0.4) is 0 Å². The second-order valence-electron chi connectivity index (χ2n) is 4.20. The SMILES string of the molecule is Cc1cc(C)c(C)c(-c2nc[nH]c2Br)c1C. The van der Waals surface area contributed by atoms with Gasteiger partial charge in [0.05, 0.1) is 6.33 Å². The van der Waals surface area contributed by atoms with Crippen molar-refractivity contribution < 1.29 is 0 Å². The number of rotatable bonds is 1. The fraction of sp³-hybridized carbons (Fsp3) is 0.308.